The Balaban J connectivity index is 1.81. The lowest BCUT2D eigenvalue weighted by Gasteiger charge is -2.10. The first-order valence-electron chi connectivity index (χ1n) is 8.95. The Hall–Kier alpha value is -4.34. The van der Waals surface area contributed by atoms with Crippen molar-refractivity contribution in [2.75, 3.05) is 7.11 Å². The summed E-state index contributed by atoms with van der Waals surface area (Å²) in [6, 6.07) is 10.7. The first-order chi connectivity index (χ1) is 14.9. The number of esters is 1. The van der Waals surface area contributed by atoms with Gasteiger partial charge < -0.3 is 14.0 Å². The van der Waals surface area contributed by atoms with E-state index in [9.17, 15) is 19.3 Å². The van der Waals surface area contributed by atoms with Gasteiger partial charge in [0.1, 0.15) is 5.82 Å². The van der Waals surface area contributed by atoms with Crippen LogP contribution in [0.25, 0.3) is 22.4 Å². The number of hydrogen-bond acceptors (Lipinski definition) is 8. The first-order valence-corrected chi connectivity index (χ1v) is 8.95. The van der Waals surface area contributed by atoms with Gasteiger partial charge >= 0.3 is 5.97 Å². The minimum atomic E-state index is -0.819. The number of pyridine rings is 1. The van der Waals surface area contributed by atoms with Crippen molar-refractivity contribution in [3.63, 3.8) is 0 Å². The Kier molecular flexibility index (Phi) is 5.04. The largest absolute Gasteiger partial charge is 0.493 e. The maximum Gasteiger partial charge on any atom is 0.344 e. The number of fused-ring (bicyclic) bond motifs is 1. The van der Waals surface area contributed by atoms with E-state index in [1.807, 2.05) is 0 Å². The number of aromatic nitrogens is 2. The van der Waals surface area contributed by atoms with Gasteiger partial charge in [-0.25, -0.2) is 14.2 Å². The Labute approximate surface area is 174 Å². The number of carbonyl (C=O) groups is 1. The molecule has 0 aliphatic carbocycles. The summed E-state index contributed by atoms with van der Waals surface area (Å²) in [6.45, 7) is 1.63. The average molecular weight is 423 g/mol. The van der Waals surface area contributed by atoms with Crippen LogP contribution >= 0.6 is 0 Å². The number of hydrogen-bond donors (Lipinski definition) is 0. The monoisotopic (exact) mass is 423 g/mol. The molecule has 0 amide bonds. The molecule has 9 nitrogen and oxygen atoms in total. The third kappa shape index (κ3) is 3.78. The minimum Gasteiger partial charge on any atom is -0.493 e. The van der Waals surface area contributed by atoms with Crippen LogP contribution in [0, 0.1) is 22.9 Å². The van der Waals surface area contributed by atoms with Gasteiger partial charge in [-0.1, -0.05) is 5.16 Å². The number of nitro benzene ring substituents is 1. The van der Waals surface area contributed by atoms with Crippen molar-refractivity contribution < 1.29 is 28.1 Å². The fraction of sp³-hybridized carbons (Fsp3) is 0.0952. The number of benzene rings is 2. The summed E-state index contributed by atoms with van der Waals surface area (Å²) in [5, 5.41) is 15.3. The summed E-state index contributed by atoms with van der Waals surface area (Å²) in [5.74, 6) is -1.22. The Morgan fingerprint density at radius 3 is 2.55 bits per heavy atom. The van der Waals surface area contributed by atoms with Crippen molar-refractivity contribution in [3.05, 3.63) is 75.7 Å². The van der Waals surface area contributed by atoms with Gasteiger partial charge in [0.2, 0.25) is 0 Å². The molecule has 2 aromatic heterocycles. The van der Waals surface area contributed by atoms with Crippen LogP contribution in [0.15, 0.2) is 53.1 Å². The molecule has 0 fully saturated rings. The minimum absolute atomic E-state index is 0.0802. The summed E-state index contributed by atoms with van der Waals surface area (Å²) in [7, 11) is 1.35. The Morgan fingerprint density at radius 2 is 1.87 bits per heavy atom. The molecule has 0 spiro atoms. The number of nitro groups is 1. The van der Waals surface area contributed by atoms with Crippen LogP contribution in [0.2, 0.25) is 0 Å². The van der Waals surface area contributed by atoms with Crippen LogP contribution in [0.4, 0.5) is 10.1 Å². The van der Waals surface area contributed by atoms with Crippen molar-refractivity contribution in [2.45, 2.75) is 6.92 Å². The zero-order valence-electron chi connectivity index (χ0n) is 16.3. The van der Waals surface area contributed by atoms with Gasteiger partial charge in [0, 0.05) is 11.6 Å². The van der Waals surface area contributed by atoms with Crippen molar-refractivity contribution in [2.24, 2.45) is 0 Å². The molecule has 2 heterocycles. The van der Waals surface area contributed by atoms with E-state index in [0.29, 0.717) is 22.3 Å². The first kappa shape index (κ1) is 20.0. The van der Waals surface area contributed by atoms with Crippen LogP contribution in [-0.2, 0) is 0 Å². The smallest absolute Gasteiger partial charge is 0.344 e. The second-order valence-corrected chi connectivity index (χ2v) is 6.49. The van der Waals surface area contributed by atoms with Crippen LogP contribution in [0.5, 0.6) is 11.5 Å². The van der Waals surface area contributed by atoms with E-state index in [2.05, 4.69) is 10.1 Å². The zero-order chi connectivity index (χ0) is 22.1. The van der Waals surface area contributed by atoms with Gasteiger partial charge in [0.15, 0.2) is 11.5 Å². The van der Waals surface area contributed by atoms with Gasteiger partial charge in [0.05, 0.1) is 40.4 Å². The number of aryl methyl sites for hydroxylation is 1. The number of rotatable bonds is 5. The van der Waals surface area contributed by atoms with Crippen LogP contribution < -0.4 is 9.47 Å². The number of methoxy groups -OCH3 is 1. The van der Waals surface area contributed by atoms with Gasteiger partial charge in [-0.05, 0) is 43.3 Å². The lowest BCUT2D eigenvalue weighted by molar-refractivity contribution is -0.384. The third-order valence-electron chi connectivity index (χ3n) is 4.54. The fourth-order valence-electron chi connectivity index (χ4n) is 3.04. The molecule has 2 aromatic carbocycles. The van der Waals surface area contributed by atoms with Crippen molar-refractivity contribution in [3.8, 4) is 22.8 Å². The lowest BCUT2D eigenvalue weighted by atomic mass is 10.1. The molecule has 0 aliphatic heterocycles. The lowest BCUT2D eigenvalue weighted by Crippen LogP contribution is -2.11. The van der Waals surface area contributed by atoms with E-state index in [-0.39, 0.29) is 28.5 Å². The zero-order valence-corrected chi connectivity index (χ0v) is 16.3. The van der Waals surface area contributed by atoms with E-state index in [0.717, 1.165) is 6.07 Å². The van der Waals surface area contributed by atoms with Crippen LogP contribution in [-0.4, -0.2) is 28.1 Å². The number of carbonyl (C=O) groups excluding carboxylic acids is 1. The number of non-ortho nitro benzene ring substituents is 1. The summed E-state index contributed by atoms with van der Waals surface area (Å²) >= 11 is 0. The molecule has 0 radical (unpaired) electrons. The summed E-state index contributed by atoms with van der Waals surface area (Å²) in [5.41, 5.74) is 1.19. The highest BCUT2D eigenvalue weighted by atomic mass is 19.1. The second-order valence-electron chi connectivity index (χ2n) is 6.49. The van der Waals surface area contributed by atoms with Crippen molar-refractivity contribution >= 4 is 22.8 Å². The van der Waals surface area contributed by atoms with E-state index in [1.54, 1.807) is 6.92 Å². The summed E-state index contributed by atoms with van der Waals surface area (Å²) in [6.07, 6.45) is 0. The highest BCUT2D eigenvalue weighted by molar-refractivity contribution is 6.05. The van der Waals surface area contributed by atoms with Gasteiger partial charge in [-0.3, -0.25) is 10.1 Å². The predicted octanol–water partition coefficient (Wildman–Crippen LogP) is 4.47. The van der Waals surface area contributed by atoms with E-state index >= 15 is 0 Å². The van der Waals surface area contributed by atoms with Gasteiger partial charge in [-0.15, -0.1) is 0 Å². The van der Waals surface area contributed by atoms with Crippen molar-refractivity contribution in [1.82, 2.24) is 10.1 Å². The second kappa shape index (κ2) is 7.82. The number of ether oxygens (including phenoxy) is 2. The Bertz CT molecular complexity index is 1320. The molecule has 156 valence electrons. The predicted molar refractivity (Wildman–Crippen MR) is 107 cm³/mol. The molecule has 0 saturated carbocycles. The molecule has 4 aromatic rings. The molecule has 10 heteroatoms. The molecule has 0 saturated heterocycles. The quantitative estimate of drug-likeness (QED) is 0.200. The molecule has 0 aliphatic rings. The molecule has 4 rings (SSSR count). The molecule has 0 unspecified atom stereocenters. The molecule has 31 heavy (non-hydrogen) atoms. The summed E-state index contributed by atoms with van der Waals surface area (Å²) in [4.78, 5) is 27.9. The average Bonchev–Trinajstić information content (AvgIpc) is 3.14. The maximum atomic E-state index is 13.3. The topological polar surface area (TPSA) is 118 Å². The molecule has 0 atom stereocenters. The third-order valence-corrected chi connectivity index (χ3v) is 4.54. The Morgan fingerprint density at radius 1 is 1.13 bits per heavy atom. The SMILES string of the molecule is COc1ccc([N+](=O)[O-])cc1OC(=O)c1cc(-c2ccc(F)cc2)nc2onc(C)c12. The standard InChI is InChI=1S/C21H14FN3O6/c1-11-19-15(21(26)30-18-9-14(25(27)28)7-8-17(18)29-2)10-16(23-20(19)31-24-11)12-3-5-13(22)6-4-12/h3-10H,1-2H3. The highest BCUT2D eigenvalue weighted by Gasteiger charge is 2.23. The summed E-state index contributed by atoms with van der Waals surface area (Å²) < 4.78 is 29.1. The van der Waals surface area contributed by atoms with Crippen LogP contribution in [0.3, 0.4) is 0 Å². The fourth-order valence-corrected chi connectivity index (χ4v) is 3.04. The molecule has 0 N–H and O–H groups in total. The van der Waals surface area contributed by atoms with Crippen LogP contribution in [0.1, 0.15) is 16.1 Å². The van der Waals surface area contributed by atoms with E-state index in [4.69, 9.17) is 14.0 Å². The highest BCUT2D eigenvalue weighted by Crippen LogP contribution is 2.33. The number of halogens is 1. The van der Waals surface area contributed by atoms with E-state index < -0.39 is 16.7 Å². The molecular formula is C21H14FN3O6. The normalized spacial score (nSPS) is 10.8. The van der Waals surface area contributed by atoms with Gasteiger partial charge in [-0.2, -0.15) is 0 Å². The van der Waals surface area contributed by atoms with Crippen molar-refractivity contribution in [1.29, 1.82) is 0 Å². The van der Waals surface area contributed by atoms with E-state index in [1.165, 1.54) is 49.6 Å². The maximum absolute atomic E-state index is 13.3. The number of nitrogens with zero attached hydrogens (tertiary/aromatic N) is 3. The molecular weight excluding hydrogens is 409 g/mol. The van der Waals surface area contributed by atoms with Gasteiger partial charge in [0.25, 0.3) is 11.4 Å². The molecule has 0 bridgehead atoms.